The second kappa shape index (κ2) is 5.29. The van der Waals surface area contributed by atoms with Crippen LogP contribution in [0.25, 0.3) is 0 Å². The van der Waals surface area contributed by atoms with Crippen molar-refractivity contribution in [3.63, 3.8) is 0 Å². The minimum absolute atomic E-state index is 0.127. The first-order valence-electron chi connectivity index (χ1n) is 5.38. The standard InChI is InChI=1S/C11H15BrN2OS/c1-14(7-8-4-5-13-6-8)11(15)9-2-3-10(12)16-9/h2-3,8,13H,4-7H2,1H3. The molecule has 1 fully saturated rings. The van der Waals surface area contributed by atoms with Gasteiger partial charge >= 0.3 is 0 Å². The number of hydrogen-bond donors (Lipinski definition) is 1. The van der Waals surface area contributed by atoms with Crippen molar-refractivity contribution in [1.29, 1.82) is 0 Å². The fraction of sp³-hybridized carbons (Fsp3) is 0.545. The monoisotopic (exact) mass is 302 g/mol. The minimum Gasteiger partial charge on any atom is -0.341 e. The molecule has 1 unspecified atom stereocenters. The van der Waals surface area contributed by atoms with E-state index in [1.165, 1.54) is 17.8 Å². The number of hydrogen-bond acceptors (Lipinski definition) is 3. The fourth-order valence-corrected chi connectivity index (χ4v) is 3.34. The van der Waals surface area contributed by atoms with Crippen LogP contribution < -0.4 is 5.32 Å². The Morgan fingerprint density at radius 3 is 3.06 bits per heavy atom. The molecule has 0 spiro atoms. The molecule has 0 bridgehead atoms. The van der Waals surface area contributed by atoms with Gasteiger partial charge in [-0.25, -0.2) is 0 Å². The number of halogens is 1. The van der Waals surface area contributed by atoms with Crippen molar-refractivity contribution in [3.8, 4) is 0 Å². The summed E-state index contributed by atoms with van der Waals surface area (Å²) in [5.41, 5.74) is 0. The summed E-state index contributed by atoms with van der Waals surface area (Å²) in [7, 11) is 1.88. The molecular weight excluding hydrogens is 288 g/mol. The maximum Gasteiger partial charge on any atom is 0.263 e. The molecule has 1 N–H and O–H groups in total. The molecule has 0 radical (unpaired) electrons. The molecule has 1 aliphatic rings. The van der Waals surface area contributed by atoms with Crippen LogP contribution in [0.15, 0.2) is 15.9 Å². The van der Waals surface area contributed by atoms with Crippen molar-refractivity contribution in [3.05, 3.63) is 20.8 Å². The lowest BCUT2D eigenvalue weighted by atomic mass is 10.1. The lowest BCUT2D eigenvalue weighted by Crippen LogP contribution is -2.32. The Kier molecular flexibility index (Phi) is 4.00. The van der Waals surface area contributed by atoms with Gasteiger partial charge in [0.25, 0.3) is 5.91 Å². The molecule has 1 aromatic rings. The number of nitrogens with zero attached hydrogens (tertiary/aromatic N) is 1. The highest BCUT2D eigenvalue weighted by Crippen LogP contribution is 2.23. The van der Waals surface area contributed by atoms with Gasteiger partial charge in [-0.1, -0.05) is 0 Å². The lowest BCUT2D eigenvalue weighted by molar-refractivity contribution is 0.0781. The van der Waals surface area contributed by atoms with E-state index in [9.17, 15) is 4.79 Å². The van der Waals surface area contributed by atoms with Crippen molar-refractivity contribution >= 4 is 33.2 Å². The zero-order chi connectivity index (χ0) is 11.5. The highest BCUT2D eigenvalue weighted by atomic mass is 79.9. The first-order valence-corrected chi connectivity index (χ1v) is 6.99. The van der Waals surface area contributed by atoms with Gasteiger partial charge in [0.1, 0.15) is 0 Å². The van der Waals surface area contributed by atoms with Crippen LogP contribution >= 0.6 is 27.3 Å². The highest BCUT2D eigenvalue weighted by molar-refractivity contribution is 9.11. The van der Waals surface area contributed by atoms with Crippen LogP contribution in [0.2, 0.25) is 0 Å². The van der Waals surface area contributed by atoms with E-state index in [-0.39, 0.29) is 5.91 Å². The van der Waals surface area contributed by atoms with Crippen LogP contribution in [0.5, 0.6) is 0 Å². The summed E-state index contributed by atoms with van der Waals surface area (Å²) < 4.78 is 1.01. The van der Waals surface area contributed by atoms with Crippen molar-refractivity contribution in [2.75, 3.05) is 26.7 Å². The maximum absolute atomic E-state index is 12.0. The van der Waals surface area contributed by atoms with E-state index in [1.54, 1.807) is 0 Å². The van der Waals surface area contributed by atoms with Crippen LogP contribution in [0.4, 0.5) is 0 Å². The van der Waals surface area contributed by atoms with Gasteiger partial charge in [-0.2, -0.15) is 0 Å². The fourth-order valence-electron chi connectivity index (χ4n) is 1.96. The predicted octanol–water partition coefficient (Wildman–Crippen LogP) is 2.19. The molecule has 1 aliphatic heterocycles. The number of nitrogens with one attached hydrogen (secondary N) is 1. The molecule has 0 aromatic carbocycles. The number of rotatable bonds is 3. The molecule has 5 heteroatoms. The van der Waals surface area contributed by atoms with Crippen LogP contribution in [-0.2, 0) is 0 Å². The normalized spacial score (nSPS) is 20.0. The Balaban J connectivity index is 1.93. The van der Waals surface area contributed by atoms with Gasteiger partial charge in [0.05, 0.1) is 8.66 Å². The smallest absolute Gasteiger partial charge is 0.263 e. The summed E-state index contributed by atoms with van der Waals surface area (Å²) in [5, 5.41) is 3.32. The summed E-state index contributed by atoms with van der Waals surface area (Å²) in [6, 6.07) is 3.79. The van der Waals surface area contributed by atoms with Crippen molar-refractivity contribution in [2.24, 2.45) is 5.92 Å². The summed E-state index contributed by atoms with van der Waals surface area (Å²) >= 11 is 4.87. The van der Waals surface area contributed by atoms with E-state index in [4.69, 9.17) is 0 Å². The lowest BCUT2D eigenvalue weighted by Gasteiger charge is -2.19. The second-order valence-electron chi connectivity index (χ2n) is 4.15. The molecule has 2 rings (SSSR count). The SMILES string of the molecule is CN(CC1CCNC1)C(=O)c1ccc(Br)s1. The van der Waals surface area contributed by atoms with Gasteiger partial charge in [0.15, 0.2) is 0 Å². The van der Waals surface area contributed by atoms with Crippen molar-refractivity contribution < 1.29 is 4.79 Å². The first-order chi connectivity index (χ1) is 7.66. The third-order valence-corrected chi connectivity index (χ3v) is 4.44. The molecule has 2 heterocycles. The van der Waals surface area contributed by atoms with Crippen molar-refractivity contribution in [1.82, 2.24) is 10.2 Å². The number of amides is 1. The molecule has 0 saturated carbocycles. The van der Waals surface area contributed by atoms with Crippen LogP contribution in [0.3, 0.4) is 0 Å². The van der Waals surface area contributed by atoms with E-state index in [1.807, 2.05) is 24.1 Å². The van der Waals surface area contributed by atoms with Crippen LogP contribution in [-0.4, -0.2) is 37.5 Å². The van der Waals surface area contributed by atoms with E-state index in [0.717, 1.165) is 28.3 Å². The summed E-state index contributed by atoms with van der Waals surface area (Å²) in [6.45, 7) is 2.96. The zero-order valence-corrected chi connectivity index (χ0v) is 11.6. The molecular formula is C11H15BrN2OS. The average Bonchev–Trinajstić information content (AvgIpc) is 2.88. The number of carbonyl (C=O) groups excluding carboxylic acids is 1. The molecule has 1 saturated heterocycles. The van der Waals surface area contributed by atoms with Gasteiger partial charge in [0, 0.05) is 13.6 Å². The summed E-state index contributed by atoms with van der Waals surface area (Å²) in [4.78, 5) is 14.7. The average molecular weight is 303 g/mol. The molecule has 1 atom stereocenters. The Morgan fingerprint density at radius 2 is 2.50 bits per heavy atom. The van der Waals surface area contributed by atoms with E-state index >= 15 is 0 Å². The quantitative estimate of drug-likeness (QED) is 0.928. The van der Waals surface area contributed by atoms with E-state index in [2.05, 4.69) is 21.2 Å². The minimum atomic E-state index is 0.127. The summed E-state index contributed by atoms with van der Waals surface area (Å²) in [6.07, 6.45) is 1.17. The van der Waals surface area contributed by atoms with Crippen LogP contribution in [0.1, 0.15) is 16.1 Å². The number of carbonyl (C=O) groups is 1. The molecule has 16 heavy (non-hydrogen) atoms. The van der Waals surface area contributed by atoms with Gasteiger partial charge in [-0.15, -0.1) is 11.3 Å². The topological polar surface area (TPSA) is 32.3 Å². The van der Waals surface area contributed by atoms with Crippen molar-refractivity contribution in [2.45, 2.75) is 6.42 Å². The Morgan fingerprint density at radius 1 is 1.69 bits per heavy atom. The van der Waals surface area contributed by atoms with E-state index < -0.39 is 0 Å². The maximum atomic E-state index is 12.0. The van der Waals surface area contributed by atoms with Gasteiger partial charge in [0.2, 0.25) is 0 Å². The molecule has 88 valence electrons. The zero-order valence-electron chi connectivity index (χ0n) is 9.20. The predicted molar refractivity (Wildman–Crippen MR) is 70.0 cm³/mol. The molecule has 1 aromatic heterocycles. The molecule has 1 amide bonds. The van der Waals surface area contributed by atoms with Gasteiger partial charge < -0.3 is 10.2 Å². The third kappa shape index (κ3) is 2.84. The third-order valence-electron chi connectivity index (χ3n) is 2.83. The van der Waals surface area contributed by atoms with E-state index in [0.29, 0.717) is 5.92 Å². The second-order valence-corrected chi connectivity index (χ2v) is 6.61. The largest absolute Gasteiger partial charge is 0.341 e. The Hall–Kier alpha value is -0.390. The highest BCUT2D eigenvalue weighted by Gasteiger charge is 2.20. The first kappa shape index (κ1) is 12.1. The summed E-state index contributed by atoms with van der Waals surface area (Å²) in [5.74, 6) is 0.736. The van der Waals surface area contributed by atoms with Gasteiger partial charge in [-0.3, -0.25) is 4.79 Å². The Labute approximate surface area is 108 Å². The molecule has 3 nitrogen and oxygen atoms in total. The van der Waals surface area contributed by atoms with Gasteiger partial charge in [-0.05, 0) is 53.5 Å². The Bertz CT molecular complexity index is 374. The number of thiophene rings is 1. The van der Waals surface area contributed by atoms with Crippen LogP contribution in [0, 0.1) is 5.92 Å². The molecule has 0 aliphatic carbocycles.